The molecule has 0 rings (SSSR count). The van der Waals surface area contributed by atoms with Crippen molar-refractivity contribution in [2.24, 2.45) is 0 Å². The van der Waals surface area contributed by atoms with E-state index in [1.54, 1.807) is 0 Å². The summed E-state index contributed by atoms with van der Waals surface area (Å²) in [4.78, 5) is 0. The molecule has 5 heteroatoms. The lowest BCUT2D eigenvalue weighted by molar-refractivity contribution is 0.281. The summed E-state index contributed by atoms with van der Waals surface area (Å²) in [5.41, 5.74) is 0. The number of aliphatic hydroxyl groups excluding tert-OH is 1. The predicted octanol–water partition coefficient (Wildman–Crippen LogP) is 1.60. The normalized spacial score (nSPS) is 14.2. The van der Waals surface area contributed by atoms with Gasteiger partial charge in [-0.1, -0.05) is 26.2 Å². The van der Waals surface area contributed by atoms with Gasteiger partial charge >= 0.3 is 0 Å². The average molecular weight is 224 g/mol. The maximum Gasteiger partial charge on any atom is 0.267 e. The minimum Gasteiger partial charge on any atom is -0.396 e. The molecule has 0 saturated carbocycles. The smallest absolute Gasteiger partial charge is 0.267 e. The van der Waals surface area contributed by atoms with Gasteiger partial charge in [-0.25, -0.2) is 0 Å². The second-order valence-corrected chi connectivity index (χ2v) is 5.20. The van der Waals surface area contributed by atoms with E-state index in [4.69, 9.17) is 9.66 Å². The first-order chi connectivity index (χ1) is 6.52. The number of unbranched alkanes of at least 4 members (excludes halogenated alkanes) is 2. The van der Waals surface area contributed by atoms with Crippen LogP contribution in [0.2, 0.25) is 0 Å². The number of hydrogen-bond donors (Lipinski definition) is 2. The minimum absolute atomic E-state index is 0.0280. The summed E-state index contributed by atoms with van der Waals surface area (Å²) in [7, 11) is -3.93. The van der Waals surface area contributed by atoms with Gasteiger partial charge < -0.3 is 5.11 Å². The second-order valence-electron chi connectivity index (χ2n) is 3.50. The van der Waals surface area contributed by atoms with E-state index in [-0.39, 0.29) is 6.61 Å². The molecule has 0 aliphatic rings. The average Bonchev–Trinajstić information content (AvgIpc) is 2.09. The lowest BCUT2D eigenvalue weighted by Gasteiger charge is -2.12. The van der Waals surface area contributed by atoms with Gasteiger partial charge in [0.25, 0.3) is 10.1 Å². The molecule has 14 heavy (non-hydrogen) atoms. The van der Waals surface area contributed by atoms with E-state index < -0.39 is 15.4 Å². The third-order valence-corrected chi connectivity index (χ3v) is 3.55. The van der Waals surface area contributed by atoms with Gasteiger partial charge in [-0.15, -0.1) is 0 Å². The monoisotopic (exact) mass is 224 g/mol. The molecule has 0 saturated heterocycles. The molecule has 0 fully saturated rings. The number of hydrogen-bond acceptors (Lipinski definition) is 3. The van der Waals surface area contributed by atoms with Crippen LogP contribution in [0, 0.1) is 0 Å². The molecule has 1 atom stereocenters. The van der Waals surface area contributed by atoms with E-state index in [0.29, 0.717) is 19.3 Å². The summed E-state index contributed by atoms with van der Waals surface area (Å²) < 4.78 is 30.7. The van der Waals surface area contributed by atoms with E-state index in [0.717, 1.165) is 19.3 Å². The number of rotatable bonds is 8. The summed E-state index contributed by atoms with van der Waals surface area (Å²) in [6.07, 6.45) is 4.08. The molecule has 0 aliphatic carbocycles. The second kappa shape index (κ2) is 7.20. The molecule has 0 aliphatic heterocycles. The summed E-state index contributed by atoms with van der Waals surface area (Å²) in [5.74, 6) is 0. The zero-order chi connectivity index (χ0) is 11.0. The van der Waals surface area contributed by atoms with Crippen molar-refractivity contribution < 1.29 is 18.1 Å². The zero-order valence-electron chi connectivity index (χ0n) is 8.65. The van der Waals surface area contributed by atoms with Crippen LogP contribution in [-0.2, 0) is 10.1 Å². The first-order valence-corrected chi connectivity index (χ1v) is 6.59. The topological polar surface area (TPSA) is 74.6 Å². The Morgan fingerprint density at radius 3 is 2.14 bits per heavy atom. The summed E-state index contributed by atoms with van der Waals surface area (Å²) in [5, 5.41) is 7.88. The van der Waals surface area contributed by atoms with Crippen LogP contribution in [0.4, 0.5) is 0 Å². The van der Waals surface area contributed by atoms with Gasteiger partial charge in [0.1, 0.15) is 0 Å². The third kappa shape index (κ3) is 6.34. The van der Waals surface area contributed by atoms with Crippen molar-refractivity contribution in [1.29, 1.82) is 0 Å². The van der Waals surface area contributed by atoms with Crippen molar-refractivity contribution in [2.45, 2.75) is 50.7 Å². The van der Waals surface area contributed by atoms with Crippen LogP contribution in [0.1, 0.15) is 45.4 Å². The van der Waals surface area contributed by atoms with Crippen molar-refractivity contribution in [2.75, 3.05) is 6.61 Å². The Morgan fingerprint density at radius 2 is 1.71 bits per heavy atom. The van der Waals surface area contributed by atoms with Crippen LogP contribution < -0.4 is 0 Å². The van der Waals surface area contributed by atoms with Crippen molar-refractivity contribution in [1.82, 2.24) is 0 Å². The van der Waals surface area contributed by atoms with E-state index in [2.05, 4.69) is 0 Å². The van der Waals surface area contributed by atoms with E-state index >= 15 is 0 Å². The molecule has 0 spiro atoms. The van der Waals surface area contributed by atoms with Crippen LogP contribution >= 0.6 is 0 Å². The van der Waals surface area contributed by atoms with Crippen LogP contribution in [-0.4, -0.2) is 29.9 Å². The molecule has 2 N–H and O–H groups in total. The van der Waals surface area contributed by atoms with Crippen molar-refractivity contribution >= 4 is 10.1 Å². The molecule has 4 nitrogen and oxygen atoms in total. The third-order valence-electron chi connectivity index (χ3n) is 2.24. The largest absolute Gasteiger partial charge is 0.396 e. The molecule has 0 radical (unpaired) electrons. The van der Waals surface area contributed by atoms with Crippen LogP contribution in [0.15, 0.2) is 0 Å². The van der Waals surface area contributed by atoms with Crippen LogP contribution in [0.5, 0.6) is 0 Å². The van der Waals surface area contributed by atoms with E-state index in [1.807, 2.05) is 6.92 Å². The molecular formula is C9H20O4S. The van der Waals surface area contributed by atoms with Gasteiger partial charge in [0.2, 0.25) is 0 Å². The zero-order valence-corrected chi connectivity index (χ0v) is 9.46. The molecule has 0 bridgehead atoms. The fourth-order valence-corrected chi connectivity index (χ4v) is 2.31. The van der Waals surface area contributed by atoms with Gasteiger partial charge in [-0.2, -0.15) is 8.42 Å². The minimum atomic E-state index is -3.93. The van der Waals surface area contributed by atoms with Gasteiger partial charge in [0.15, 0.2) is 0 Å². The highest BCUT2D eigenvalue weighted by Gasteiger charge is 2.21. The Bertz CT molecular complexity index is 223. The van der Waals surface area contributed by atoms with Gasteiger partial charge in [0.05, 0.1) is 5.25 Å². The summed E-state index contributed by atoms with van der Waals surface area (Å²) in [6.45, 7) is 2.01. The molecule has 0 aromatic heterocycles. The first kappa shape index (κ1) is 13.9. The Labute approximate surface area is 86.1 Å². The predicted molar refractivity (Wildman–Crippen MR) is 55.8 cm³/mol. The highest BCUT2D eigenvalue weighted by Crippen LogP contribution is 2.15. The van der Waals surface area contributed by atoms with Crippen molar-refractivity contribution in [3.05, 3.63) is 0 Å². The Kier molecular flexibility index (Phi) is 7.13. The highest BCUT2D eigenvalue weighted by atomic mass is 32.2. The molecule has 1 unspecified atom stereocenters. The first-order valence-electron chi connectivity index (χ1n) is 5.09. The van der Waals surface area contributed by atoms with E-state index in [1.165, 1.54) is 0 Å². The fraction of sp³-hybridized carbons (Fsp3) is 1.00. The lowest BCUT2D eigenvalue weighted by Crippen LogP contribution is -2.20. The Balaban J connectivity index is 3.99. The van der Waals surface area contributed by atoms with E-state index in [9.17, 15) is 8.42 Å². The van der Waals surface area contributed by atoms with Crippen LogP contribution in [0.3, 0.4) is 0 Å². The van der Waals surface area contributed by atoms with Crippen molar-refractivity contribution in [3.63, 3.8) is 0 Å². The lowest BCUT2D eigenvalue weighted by atomic mass is 10.1. The fourth-order valence-electron chi connectivity index (χ4n) is 1.38. The molecule has 86 valence electrons. The maximum absolute atomic E-state index is 10.9. The Hall–Kier alpha value is -0.130. The number of aliphatic hydroxyl groups is 1. The molecule has 0 amide bonds. The van der Waals surface area contributed by atoms with Gasteiger partial charge in [-0.05, 0) is 19.3 Å². The molecular weight excluding hydrogens is 204 g/mol. The van der Waals surface area contributed by atoms with Gasteiger partial charge in [-0.3, -0.25) is 4.55 Å². The quantitative estimate of drug-likeness (QED) is 0.485. The van der Waals surface area contributed by atoms with Crippen molar-refractivity contribution in [3.8, 4) is 0 Å². The summed E-state index contributed by atoms with van der Waals surface area (Å²) in [6, 6.07) is 0. The van der Waals surface area contributed by atoms with Gasteiger partial charge in [0, 0.05) is 6.61 Å². The molecule has 0 aromatic carbocycles. The maximum atomic E-state index is 10.9. The highest BCUT2D eigenvalue weighted by molar-refractivity contribution is 7.86. The summed E-state index contributed by atoms with van der Waals surface area (Å²) >= 11 is 0. The standard InChI is InChI=1S/C9H20O4S/c1-2-3-4-6-9(7-5-8-10)14(11,12)13/h9-10H,2-8H2,1H3,(H,11,12,13). The molecule has 0 aromatic rings. The Morgan fingerprint density at radius 1 is 1.14 bits per heavy atom. The molecule has 0 heterocycles. The van der Waals surface area contributed by atoms with Crippen LogP contribution in [0.25, 0.3) is 0 Å². The SMILES string of the molecule is CCCCCC(CCCO)S(=O)(=O)O.